The number of hydrogen-bond donors (Lipinski definition) is 1. The molecule has 1 N–H and O–H groups in total. The van der Waals surface area contributed by atoms with E-state index in [9.17, 15) is 14.9 Å². The summed E-state index contributed by atoms with van der Waals surface area (Å²) in [7, 11) is 2.91. The predicted octanol–water partition coefficient (Wildman–Crippen LogP) is 2.52. The third kappa shape index (κ3) is 4.35. The maximum Gasteiger partial charge on any atom is 0.286 e. The van der Waals surface area contributed by atoms with Crippen molar-refractivity contribution in [2.45, 2.75) is 38.1 Å². The van der Waals surface area contributed by atoms with Gasteiger partial charge in [-0.15, -0.1) is 0 Å². The summed E-state index contributed by atoms with van der Waals surface area (Å²) < 4.78 is 20.8. The number of benzene rings is 1. The average molecular weight is 420 g/mol. The van der Waals surface area contributed by atoms with Crippen LogP contribution in [0.4, 0.5) is 5.69 Å². The predicted molar refractivity (Wildman–Crippen MR) is 104 cm³/mol. The molecule has 2 aromatic rings. The van der Waals surface area contributed by atoms with Gasteiger partial charge >= 0.3 is 0 Å². The second-order valence-electron chi connectivity index (χ2n) is 7.00. The standard InChI is InChI=1S/C19H24N4O7/c1-12-20-18(22-30-12)19(6-4-5-7-19)21-17(24)13-10-15(28-3)16(29-9-8-27-2)11-14(13)23(25)26/h10-11H,4-9H2,1-3H3,(H,21,24). The molecule has 162 valence electrons. The molecule has 0 atom stereocenters. The molecule has 1 aromatic carbocycles. The Kier molecular flexibility index (Phi) is 6.50. The van der Waals surface area contributed by atoms with Crippen molar-refractivity contribution in [1.82, 2.24) is 15.5 Å². The van der Waals surface area contributed by atoms with E-state index in [0.717, 1.165) is 12.8 Å². The molecule has 11 heteroatoms. The van der Waals surface area contributed by atoms with E-state index in [0.29, 0.717) is 31.2 Å². The Hall–Kier alpha value is -3.21. The molecule has 1 fully saturated rings. The summed E-state index contributed by atoms with van der Waals surface area (Å²) in [6.45, 7) is 2.14. The van der Waals surface area contributed by atoms with E-state index in [-0.39, 0.29) is 23.7 Å². The van der Waals surface area contributed by atoms with E-state index in [1.54, 1.807) is 6.92 Å². The number of nitro benzene ring substituents is 1. The molecule has 1 saturated carbocycles. The third-order valence-electron chi connectivity index (χ3n) is 5.03. The normalized spacial score (nSPS) is 15.0. The minimum atomic E-state index is -0.830. The minimum Gasteiger partial charge on any atom is -0.493 e. The highest BCUT2D eigenvalue weighted by molar-refractivity contribution is 5.99. The topological polar surface area (TPSA) is 139 Å². The van der Waals surface area contributed by atoms with Crippen LogP contribution in [0.15, 0.2) is 16.7 Å². The summed E-state index contributed by atoms with van der Waals surface area (Å²) in [6, 6.07) is 2.49. The van der Waals surface area contributed by atoms with Crippen LogP contribution in [-0.4, -0.2) is 48.4 Å². The monoisotopic (exact) mass is 420 g/mol. The van der Waals surface area contributed by atoms with Gasteiger partial charge in [-0.1, -0.05) is 18.0 Å². The number of hydrogen-bond acceptors (Lipinski definition) is 9. The van der Waals surface area contributed by atoms with E-state index >= 15 is 0 Å². The number of nitrogens with zero attached hydrogens (tertiary/aromatic N) is 3. The van der Waals surface area contributed by atoms with Crippen LogP contribution < -0.4 is 14.8 Å². The molecule has 1 amide bonds. The van der Waals surface area contributed by atoms with Crippen LogP contribution in [-0.2, 0) is 10.3 Å². The number of ether oxygens (including phenoxy) is 3. The van der Waals surface area contributed by atoms with E-state index < -0.39 is 22.1 Å². The van der Waals surface area contributed by atoms with Crippen molar-refractivity contribution in [3.8, 4) is 11.5 Å². The Morgan fingerprint density at radius 2 is 2.00 bits per heavy atom. The number of methoxy groups -OCH3 is 2. The van der Waals surface area contributed by atoms with Crippen molar-refractivity contribution in [2.24, 2.45) is 0 Å². The second kappa shape index (κ2) is 9.08. The van der Waals surface area contributed by atoms with Gasteiger partial charge in [0.05, 0.1) is 24.7 Å². The highest BCUT2D eigenvalue weighted by atomic mass is 16.6. The van der Waals surface area contributed by atoms with Crippen LogP contribution in [0.3, 0.4) is 0 Å². The fourth-order valence-corrected chi connectivity index (χ4v) is 3.55. The lowest BCUT2D eigenvalue weighted by atomic mass is 9.95. The molecule has 0 spiro atoms. The lowest BCUT2D eigenvalue weighted by molar-refractivity contribution is -0.385. The van der Waals surface area contributed by atoms with E-state index in [1.807, 2.05) is 0 Å². The van der Waals surface area contributed by atoms with E-state index in [2.05, 4.69) is 15.5 Å². The molecule has 30 heavy (non-hydrogen) atoms. The number of amides is 1. The fourth-order valence-electron chi connectivity index (χ4n) is 3.55. The second-order valence-corrected chi connectivity index (χ2v) is 7.00. The number of rotatable bonds is 9. The molecular weight excluding hydrogens is 396 g/mol. The van der Waals surface area contributed by atoms with Gasteiger partial charge in [-0.25, -0.2) is 0 Å². The zero-order valence-corrected chi connectivity index (χ0v) is 17.1. The molecule has 0 bridgehead atoms. The highest BCUT2D eigenvalue weighted by Crippen LogP contribution is 2.39. The summed E-state index contributed by atoms with van der Waals surface area (Å²) >= 11 is 0. The third-order valence-corrected chi connectivity index (χ3v) is 5.03. The molecule has 1 aromatic heterocycles. The van der Waals surface area contributed by atoms with Crippen molar-refractivity contribution in [2.75, 3.05) is 27.4 Å². The van der Waals surface area contributed by atoms with Gasteiger partial charge in [-0.2, -0.15) is 4.98 Å². The smallest absolute Gasteiger partial charge is 0.286 e. The Morgan fingerprint density at radius 1 is 1.27 bits per heavy atom. The number of carbonyl (C=O) groups excluding carboxylic acids is 1. The number of aryl methyl sites for hydroxylation is 1. The summed E-state index contributed by atoms with van der Waals surface area (Å²) in [6.07, 6.45) is 2.96. The molecule has 1 heterocycles. The number of aromatic nitrogens is 2. The summed E-state index contributed by atoms with van der Waals surface area (Å²) in [5.74, 6) is 0.503. The van der Waals surface area contributed by atoms with E-state index in [4.69, 9.17) is 18.7 Å². The summed E-state index contributed by atoms with van der Waals surface area (Å²) in [5, 5.41) is 18.5. The van der Waals surface area contributed by atoms with Crippen molar-refractivity contribution >= 4 is 11.6 Å². The first-order valence-electron chi connectivity index (χ1n) is 9.51. The van der Waals surface area contributed by atoms with Gasteiger partial charge in [0.2, 0.25) is 5.89 Å². The van der Waals surface area contributed by atoms with Crippen molar-refractivity contribution in [3.05, 3.63) is 39.5 Å². The molecule has 1 aliphatic carbocycles. The Balaban J connectivity index is 1.94. The maximum atomic E-state index is 13.1. The van der Waals surface area contributed by atoms with E-state index in [1.165, 1.54) is 26.4 Å². The largest absolute Gasteiger partial charge is 0.493 e. The van der Waals surface area contributed by atoms with Crippen LogP contribution in [0.25, 0.3) is 0 Å². The zero-order valence-electron chi connectivity index (χ0n) is 17.1. The minimum absolute atomic E-state index is 0.137. The molecule has 1 aliphatic rings. The molecule has 0 aliphatic heterocycles. The van der Waals surface area contributed by atoms with Gasteiger partial charge in [0.15, 0.2) is 17.3 Å². The first kappa shape index (κ1) is 21.5. The van der Waals surface area contributed by atoms with Crippen molar-refractivity contribution in [3.63, 3.8) is 0 Å². The average Bonchev–Trinajstić information content (AvgIpc) is 3.37. The highest BCUT2D eigenvalue weighted by Gasteiger charge is 2.42. The SMILES string of the molecule is COCCOc1cc([N+](=O)[O-])c(C(=O)NC2(c3noc(C)n3)CCCC2)cc1OC. The Labute approximate surface area is 172 Å². The molecule has 0 unspecified atom stereocenters. The van der Waals surface area contributed by atoms with Crippen LogP contribution in [0, 0.1) is 17.0 Å². The first-order valence-corrected chi connectivity index (χ1v) is 9.51. The van der Waals surface area contributed by atoms with Crippen LogP contribution >= 0.6 is 0 Å². The number of carbonyl (C=O) groups is 1. The zero-order chi connectivity index (χ0) is 21.7. The van der Waals surface area contributed by atoms with Crippen molar-refractivity contribution < 1.29 is 28.5 Å². The maximum absolute atomic E-state index is 13.1. The van der Waals surface area contributed by atoms with Crippen LogP contribution in [0.1, 0.15) is 47.8 Å². The fraction of sp³-hybridized carbons (Fsp3) is 0.526. The molecule has 3 rings (SSSR count). The molecule has 0 radical (unpaired) electrons. The Bertz CT molecular complexity index is 922. The number of nitrogens with one attached hydrogen (secondary N) is 1. The molecule has 11 nitrogen and oxygen atoms in total. The first-order chi connectivity index (χ1) is 14.4. The van der Waals surface area contributed by atoms with Gasteiger partial charge in [-0.3, -0.25) is 14.9 Å². The van der Waals surface area contributed by atoms with Gasteiger partial charge in [0.25, 0.3) is 11.6 Å². The van der Waals surface area contributed by atoms with Gasteiger partial charge < -0.3 is 24.1 Å². The lowest BCUT2D eigenvalue weighted by Crippen LogP contribution is -2.44. The molecular formula is C19H24N4O7. The summed E-state index contributed by atoms with van der Waals surface area (Å²) in [5.41, 5.74) is -1.36. The van der Waals surface area contributed by atoms with Gasteiger partial charge in [-0.05, 0) is 12.8 Å². The Morgan fingerprint density at radius 3 is 2.57 bits per heavy atom. The van der Waals surface area contributed by atoms with Crippen molar-refractivity contribution in [1.29, 1.82) is 0 Å². The lowest BCUT2D eigenvalue weighted by Gasteiger charge is -2.26. The van der Waals surface area contributed by atoms with Gasteiger partial charge in [0, 0.05) is 20.1 Å². The quantitative estimate of drug-likeness (QED) is 0.368. The molecule has 0 saturated heterocycles. The number of nitro groups is 1. The van der Waals surface area contributed by atoms with Crippen LogP contribution in [0.5, 0.6) is 11.5 Å². The van der Waals surface area contributed by atoms with Crippen LogP contribution in [0.2, 0.25) is 0 Å². The van der Waals surface area contributed by atoms with Gasteiger partial charge in [0.1, 0.15) is 17.7 Å². The summed E-state index contributed by atoms with van der Waals surface area (Å²) in [4.78, 5) is 28.4.